The molecule has 1 amide bonds. The first kappa shape index (κ1) is 18.1. The van der Waals surface area contributed by atoms with E-state index in [9.17, 15) is 9.18 Å². The number of amides is 1. The zero-order valence-corrected chi connectivity index (χ0v) is 16.0. The highest BCUT2D eigenvalue weighted by Gasteiger charge is 2.16. The van der Waals surface area contributed by atoms with Crippen LogP contribution in [0.25, 0.3) is 16.3 Å². The summed E-state index contributed by atoms with van der Waals surface area (Å²) in [6.45, 7) is 3.50. The van der Waals surface area contributed by atoms with E-state index < -0.39 is 0 Å². The number of hydrogen-bond acceptors (Lipinski definition) is 6. The molecule has 28 heavy (non-hydrogen) atoms. The second kappa shape index (κ2) is 7.35. The van der Waals surface area contributed by atoms with E-state index in [0.29, 0.717) is 32.8 Å². The van der Waals surface area contributed by atoms with Crippen LogP contribution in [0.4, 0.5) is 9.52 Å². The van der Waals surface area contributed by atoms with Crippen LogP contribution >= 0.6 is 11.3 Å². The van der Waals surface area contributed by atoms with Gasteiger partial charge in [-0.15, -0.1) is 15.3 Å². The van der Waals surface area contributed by atoms with E-state index in [1.54, 1.807) is 25.1 Å². The average molecular weight is 397 g/mol. The van der Waals surface area contributed by atoms with Crippen LogP contribution in [-0.2, 0) is 4.79 Å². The maximum Gasteiger partial charge on any atom is 0.264 e. The van der Waals surface area contributed by atoms with E-state index in [-0.39, 0.29) is 18.3 Å². The topological polar surface area (TPSA) is 81.4 Å². The van der Waals surface area contributed by atoms with Crippen molar-refractivity contribution in [1.82, 2.24) is 19.8 Å². The van der Waals surface area contributed by atoms with E-state index >= 15 is 0 Å². The van der Waals surface area contributed by atoms with E-state index in [1.807, 2.05) is 25.1 Å². The van der Waals surface area contributed by atoms with Gasteiger partial charge in [0.1, 0.15) is 11.6 Å². The second-order valence-electron chi connectivity index (χ2n) is 6.24. The van der Waals surface area contributed by atoms with Crippen LogP contribution in [0.15, 0.2) is 42.5 Å². The summed E-state index contributed by atoms with van der Waals surface area (Å²) < 4.78 is 20.8. The summed E-state index contributed by atoms with van der Waals surface area (Å²) in [6.07, 6.45) is 0. The fourth-order valence-electron chi connectivity index (χ4n) is 2.59. The number of benzene rings is 2. The van der Waals surface area contributed by atoms with Crippen LogP contribution in [-0.4, -0.2) is 32.3 Å². The predicted octanol–water partition coefficient (Wildman–Crippen LogP) is 3.63. The molecule has 2 heterocycles. The molecule has 9 heteroatoms. The number of ether oxygens (including phenoxy) is 1. The summed E-state index contributed by atoms with van der Waals surface area (Å²) in [6, 6.07) is 12.3. The number of nitrogens with zero attached hydrogens (tertiary/aromatic N) is 4. The normalized spacial score (nSPS) is 11.0. The first-order chi connectivity index (χ1) is 13.5. The minimum atomic E-state index is -0.339. The van der Waals surface area contributed by atoms with Crippen LogP contribution in [0.3, 0.4) is 0 Å². The van der Waals surface area contributed by atoms with Crippen LogP contribution < -0.4 is 10.1 Å². The molecule has 0 radical (unpaired) electrons. The quantitative estimate of drug-likeness (QED) is 0.556. The number of fused-ring (bicyclic) bond motifs is 1. The van der Waals surface area contributed by atoms with Crippen LogP contribution in [0.5, 0.6) is 5.75 Å². The maximum absolute atomic E-state index is 13.9. The van der Waals surface area contributed by atoms with Gasteiger partial charge in [0.05, 0.1) is 0 Å². The van der Waals surface area contributed by atoms with E-state index in [2.05, 4.69) is 20.6 Å². The Hall–Kier alpha value is -3.33. The van der Waals surface area contributed by atoms with Gasteiger partial charge in [0, 0.05) is 5.56 Å². The molecule has 7 nitrogen and oxygen atoms in total. The Balaban J connectivity index is 1.48. The van der Waals surface area contributed by atoms with Crippen molar-refractivity contribution in [2.24, 2.45) is 0 Å². The number of carbonyl (C=O) groups is 1. The minimum absolute atomic E-state index is 0.139. The van der Waals surface area contributed by atoms with E-state index in [1.165, 1.54) is 21.9 Å². The molecular formula is C19H16FN5O2S. The third kappa shape index (κ3) is 3.70. The molecular weight excluding hydrogens is 381 g/mol. The molecule has 142 valence electrons. The number of nitrogens with one attached hydrogen (secondary N) is 1. The maximum atomic E-state index is 13.9. The zero-order valence-electron chi connectivity index (χ0n) is 15.1. The summed E-state index contributed by atoms with van der Waals surface area (Å²) in [5.41, 5.74) is 2.15. The molecule has 4 rings (SSSR count). The van der Waals surface area contributed by atoms with Gasteiger partial charge < -0.3 is 4.74 Å². The first-order valence-corrected chi connectivity index (χ1v) is 9.29. The van der Waals surface area contributed by atoms with Gasteiger partial charge in [-0.3, -0.25) is 10.1 Å². The Morgan fingerprint density at radius 1 is 1.21 bits per heavy atom. The molecule has 2 aromatic heterocycles. The Labute approximate surface area is 163 Å². The average Bonchev–Trinajstić information content (AvgIpc) is 3.22. The van der Waals surface area contributed by atoms with Gasteiger partial charge in [-0.2, -0.15) is 4.52 Å². The van der Waals surface area contributed by atoms with Crippen molar-refractivity contribution >= 4 is 27.3 Å². The number of hydrogen-bond donors (Lipinski definition) is 1. The summed E-state index contributed by atoms with van der Waals surface area (Å²) >= 11 is 1.17. The predicted molar refractivity (Wildman–Crippen MR) is 104 cm³/mol. The Kier molecular flexibility index (Phi) is 4.74. The fourth-order valence-corrected chi connectivity index (χ4v) is 3.34. The number of carbonyl (C=O) groups excluding carboxylic acids is 1. The molecule has 0 unspecified atom stereocenters. The number of rotatable bonds is 5. The van der Waals surface area contributed by atoms with Crippen LogP contribution in [0.2, 0.25) is 0 Å². The van der Waals surface area contributed by atoms with E-state index in [4.69, 9.17) is 4.74 Å². The first-order valence-electron chi connectivity index (χ1n) is 8.48. The van der Waals surface area contributed by atoms with Crippen molar-refractivity contribution in [1.29, 1.82) is 0 Å². The standard InChI is InChI=1S/C19H16FN5O2S/c1-11-4-3-5-14(8-11)27-10-16(26)21-18-24-25-17(22-23-19(25)28-18)13-7-6-12(2)15(20)9-13/h3-9H,10H2,1-2H3,(H,21,24,26). The third-order valence-corrected chi connectivity index (χ3v) is 4.84. The van der Waals surface area contributed by atoms with Gasteiger partial charge in [-0.1, -0.05) is 35.6 Å². The molecule has 4 aromatic rings. The third-order valence-electron chi connectivity index (χ3n) is 4.03. The van der Waals surface area contributed by atoms with Crippen molar-refractivity contribution in [3.8, 4) is 17.1 Å². The smallest absolute Gasteiger partial charge is 0.264 e. The number of aryl methyl sites for hydroxylation is 2. The summed E-state index contributed by atoms with van der Waals surface area (Å²) in [7, 11) is 0. The second-order valence-corrected chi connectivity index (χ2v) is 7.20. The molecule has 0 atom stereocenters. The van der Waals surface area contributed by atoms with Gasteiger partial charge in [-0.25, -0.2) is 4.39 Å². The summed E-state index contributed by atoms with van der Waals surface area (Å²) in [5, 5.41) is 15.5. The molecule has 0 aliphatic heterocycles. The molecule has 0 aliphatic rings. The van der Waals surface area contributed by atoms with Crippen LogP contribution in [0, 0.1) is 19.7 Å². The van der Waals surface area contributed by atoms with Gasteiger partial charge in [0.15, 0.2) is 12.4 Å². The molecule has 0 bridgehead atoms. The Morgan fingerprint density at radius 3 is 2.86 bits per heavy atom. The lowest BCUT2D eigenvalue weighted by molar-refractivity contribution is -0.118. The van der Waals surface area contributed by atoms with Crippen LogP contribution in [0.1, 0.15) is 11.1 Å². The van der Waals surface area contributed by atoms with Crippen molar-refractivity contribution in [2.45, 2.75) is 13.8 Å². The Morgan fingerprint density at radius 2 is 2.07 bits per heavy atom. The van der Waals surface area contributed by atoms with Gasteiger partial charge >= 0.3 is 0 Å². The molecule has 0 saturated heterocycles. The number of halogens is 1. The number of aromatic nitrogens is 4. The molecule has 1 N–H and O–H groups in total. The number of anilines is 1. The SMILES string of the molecule is Cc1cccc(OCC(=O)Nc2nn3c(-c4ccc(C)c(F)c4)nnc3s2)c1. The lowest BCUT2D eigenvalue weighted by Gasteiger charge is -2.06. The molecule has 0 spiro atoms. The van der Waals surface area contributed by atoms with Crippen molar-refractivity contribution in [3.63, 3.8) is 0 Å². The lowest BCUT2D eigenvalue weighted by Crippen LogP contribution is -2.20. The lowest BCUT2D eigenvalue weighted by atomic mass is 10.1. The zero-order chi connectivity index (χ0) is 19.7. The summed E-state index contributed by atoms with van der Waals surface area (Å²) in [4.78, 5) is 12.6. The van der Waals surface area contributed by atoms with Crippen molar-refractivity contribution in [2.75, 3.05) is 11.9 Å². The molecule has 2 aromatic carbocycles. The summed E-state index contributed by atoms with van der Waals surface area (Å²) in [5.74, 6) is 0.360. The largest absolute Gasteiger partial charge is 0.484 e. The van der Waals surface area contributed by atoms with E-state index in [0.717, 1.165) is 5.56 Å². The fraction of sp³-hybridized carbons (Fsp3) is 0.158. The molecule has 0 saturated carbocycles. The molecule has 0 fully saturated rings. The Bertz CT molecular complexity index is 1170. The highest BCUT2D eigenvalue weighted by atomic mass is 32.1. The van der Waals surface area contributed by atoms with Gasteiger partial charge in [0.2, 0.25) is 10.1 Å². The van der Waals surface area contributed by atoms with Gasteiger partial charge in [0.25, 0.3) is 5.91 Å². The van der Waals surface area contributed by atoms with Gasteiger partial charge in [-0.05, 0) is 43.2 Å². The van der Waals surface area contributed by atoms with Crippen molar-refractivity contribution < 1.29 is 13.9 Å². The molecule has 0 aliphatic carbocycles. The highest BCUT2D eigenvalue weighted by molar-refractivity contribution is 7.20. The monoisotopic (exact) mass is 397 g/mol. The van der Waals surface area contributed by atoms with Crippen molar-refractivity contribution in [3.05, 3.63) is 59.4 Å². The highest BCUT2D eigenvalue weighted by Crippen LogP contribution is 2.25. The minimum Gasteiger partial charge on any atom is -0.484 e.